The maximum Gasteiger partial charge on any atom is 0.234 e. The second kappa shape index (κ2) is 9.01. The van der Waals surface area contributed by atoms with Gasteiger partial charge in [-0.3, -0.25) is 9.69 Å². The summed E-state index contributed by atoms with van der Waals surface area (Å²) in [7, 11) is 0. The highest BCUT2D eigenvalue weighted by atomic mass is 16.5. The van der Waals surface area contributed by atoms with E-state index >= 15 is 0 Å². The number of piperidine rings is 1. The molecule has 0 aliphatic carbocycles. The van der Waals surface area contributed by atoms with Crippen LogP contribution < -0.4 is 5.32 Å². The number of hydrogen-bond donors (Lipinski definition) is 2. The quantitative estimate of drug-likeness (QED) is 0.802. The third kappa shape index (κ3) is 6.69. The summed E-state index contributed by atoms with van der Waals surface area (Å²) < 4.78 is 5.56. The zero-order valence-electron chi connectivity index (χ0n) is 14.1. The Morgan fingerprint density at radius 2 is 1.87 bits per heavy atom. The average molecular weight is 320 g/mol. The number of carbonyl (C=O) groups excluding carboxylic acids is 1. The molecule has 0 radical (unpaired) electrons. The van der Waals surface area contributed by atoms with Gasteiger partial charge in [-0.25, -0.2) is 0 Å². The molecule has 1 amide bonds. The van der Waals surface area contributed by atoms with E-state index in [0.717, 1.165) is 37.1 Å². The Morgan fingerprint density at radius 3 is 2.48 bits per heavy atom. The molecule has 0 atom stereocenters. The molecule has 5 heteroatoms. The van der Waals surface area contributed by atoms with Crippen molar-refractivity contribution in [2.24, 2.45) is 0 Å². The third-order valence-corrected chi connectivity index (χ3v) is 4.02. The number of hydrogen-bond acceptors (Lipinski definition) is 4. The number of carbonyl (C=O) groups is 1. The smallest absolute Gasteiger partial charge is 0.234 e. The molecule has 2 rings (SSSR count). The van der Waals surface area contributed by atoms with E-state index in [1.807, 2.05) is 38.1 Å². The predicted octanol–water partition coefficient (Wildman–Crippen LogP) is 1.68. The number of rotatable bonds is 7. The van der Waals surface area contributed by atoms with Crippen molar-refractivity contribution < 1.29 is 14.6 Å². The van der Waals surface area contributed by atoms with Gasteiger partial charge in [-0.15, -0.1) is 0 Å². The minimum Gasteiger partial charge on any atom is -0.393 e. The van der Waals surface area contributed by atoms with Gasteiger partial charge in [-0.2, -0.15) is 0 Å². The van der Waals surface area contributed by atoms with Crippen LogP contribution in [0.2, 0.25) is 0 Å². The second-order valence-corrected chi connectivity index (χ2v) is 6.46. The Labute approximate surface area is 138 Å². The van der Waals surface area contributed by atoms with Crippen molar-refractivity contribution in [1.82, 2.24) is 10.2 Å². The summed E-state index contributed by atoms with van der Waals surface area (Å²) >= 11 is 0. The lowest BCUT2D eigenvalue weighted by molar-refractivity contribution is -0.122. The van der Waals surface area contributed by atoms with Crippen LogP contribution >= 0.6 is 0 Å². The van der Waals surface area contributed by atoms with Crippen LogP contribution in [-0.2, 0) is 22.7 Å². The summed E-state index contributed by atoms with van der Waals surface area (Å²) in [5.41, 5.74) is 2.22. The van der Waals surface area contributed by atoms with Crippen LogP contribution in [0.5, 0.6) is 0 Å². The number of amides is 1. The largest absolute Gasteiger partial charge is 0.393 e. The van der Waals surface area contributed by atoms with E-state index in [1.54, 1.807) is 0 Å². The number of aliphatic hydroxyl groups excluding tert-OH is 1. The Hall–Kier alpha value is -1.43. The highest BCUT2D eigenvalue weighted by Crippen LogP contribution is 2.09. The Morgan fingerprint density at radius 1 is 1.26 bits per heavy atom. The van der Waals surface area contributed by atoms with E-state index < -0.39 is 0 Å². The van der Waals surface area contributed by atoms with Crippen molar-refractivity contribution >= 4 is 5.91 Å². The first-order valence-electron chi connectivity index (χ1n) is 8.39. The summed E-state index contributed by atoms with van der Waals surface area (Å²) in [6.07, 6.45) is 1.54. The van der Waals surface area contributed by atoms with Gasteiger partial charge >= 0.3 is 0 Å². The lowest BCUT2D eigenvalue weighted by Gasteiger charge is -2.28. The number of nitrogens with zero attached hydrogens (tertiary/aromatic N) is 1. The molecule has 23 heavy (non-hydrogen) atoms. The fourth-order valence-electron chi connectivity index (χ4n) is 2.55. The number of aliphatic hydroxyl groups is 1. The number of benzene rings is 1. The Bertz CT molecular complexity index is 480. The van der Waals surface area contributed by atoms with Crippen LogP contribution in [0, 0.1) is 0 Å². The minimum atomic E-state index is -0.201. The maximum absolute atomic E-state index is 12.0. The van der Waals surface area contributed by atoms with Gasteiger partial charge in [-0.05, 0) is 37.8 Å². The first kappa shape index (κ1) is 17.9. The molecule has 1 fully saturated rings. The van der Waals surface area contributed by atoms with Crippen LogP contribution in [0.3, 0.4) is 0 Å². The fourth-order valence-corrected chi connectivity index (χ4v) is 2.55. The molecule has 2 N–H and O–H groups in total. The van der Waals surface area contributed by atoms with Gasteiger partial charge in [0, 0.05) is 19.6 Å². The minimum absolute atomic E-state index is 0.0357. The van der Waals surface area contributed by atoms with Crippen molar-refractivity contribution in [3.63, 3.8) is 0 Å². The second-order valence-electron chi connectivity index (χ2n) is 6.46. The summed E-state index contributed by atoms with van der Waals surface area (Å²) in [4.78, 5) is 14.1. The van der Waals surface area contributed by atoms with Crippen LogP contribution in [0.4, 0.5) is 0 Å². The average Bonchev–Trinajstić information content (AvgIpc) is 2.54. The van der Waals surface area contributed by atoms with Crippen molar-refractivity contribution in [3.8, 4) is 0 Å². The number of likely N-dealkylation sites (tertiary alicyclic amines) is 1. The molecule has 1 aromatic carbocycles. The molecule has 0 aromatic heterocycles. The Balaban J connectivity index is 1.69. The van der Waals surface area contributed by atoms with Gasteiger partial charge < -0.3 is 15.2 Å². The molecule has 0 saturated carbocycles. The lowest BCUT2D eigenvalue weighted by Crippen LogP contribution is -2.42. The first-order chi connectivity index (χ1) is 11.0. The molecule has 0 bridgehead atoms. The maximum atomic E-state index is 12.0. The van der Waals surface area contributed by atoms with Crippen molar-refractivity contribution in [1.29, 1.82) is 0 Å². The zero-order valence-corrected chi connectivity index (χ0v) is 14.1. The van der Waals surface area contributed by atoms with Crippen LogP contribution in [0.15, 0.2) is 24.3 Å². The molecule has 1 aromatic rings. The van der Waals surface area contributed by atoms with E-state index in [9.17, 15) is 9.90 Å². The first-order valence-corrected chi connectivity index (χ1v) is 8.39. The molecule has 1 aliphatic rings. The van der Waals surface area contributed by atoms with E-state index in [-0.39, 0.29) is 18.1 Å². The molecule has 0 unspecified atom stereocenters. The van der Waals surface area contributed by atoms with Crippen LogP contribution in [0.1, 0.15) is 37.8 Å². The highest BCUT2D eigenvalue weighted by Gasteiger charge is 2.18. The molecule has 5 nitrogen and oxygen atoms in total. The Kier molecular flexibility index (Phi) is 7.02. The number of nitrogens with one attached hydrogen (secondary N) is 1. The summed E-state index contributed by atoms with van der Waals surface area (Å²) in [5, 5.41) is 12.4. The molecule has 1 saturated heterocycles. The fraction of sp³-hybridized carbons (Fsp3) is 0.611. The normalized spacial score (nSPS) is 16.7. The lowest BCUT2D eigenvalue weighted by atomic mass is 10.1. The molecule has 0 spiro atoms. The molecular formula is C18H28N2O3. The topological polar surface area (TPSA) is 61.8 Å². The standard InChI is InChI=1S/C18H28N2O3/c1-14(2)23-13-16-5-3-15(4-6-16)11-19-18(22)12-20-9-7-17(21)8-10-20/h3-6,14,17,21H,7-13H2,1-2H3,(H,19,22). The predicted molar refractivity (Wildman–Crippen MR) is 89.9 cm³/mol. The monoisotopic (exact) mass is 320 g/mol. The van der Waals surface area contributed by atoms with Gasteiger partial charge in [0.1, 0.15) is 0 Å². The van der Waals surface area contributed by atoms with E-state index in [4.69, 9.17) is 4.74 Å². The van der Waals surface area contributed by atoms with Crippen LogP contribution in [0.25, 0.3) is 0 Å². The van der Waals surface area contributed by atoms with E-state index in [1.165, 1.54) is 0 Å². The van der Waals surface area contributed by atoms with Gasteiger partial charge in [0.2, 0.25) is 5.91 Å². The van der Waals surface area contributed by atoms with Gasteiger partial charge in [0.25, 0.3) is 0 Å². The highest BCUT2D eigenvalue weighted by molar-refractivity contribution is 5.78. The molecule has 1 heterocycles. The third-order valence-electron chi connectivity index (χ3n) is 4.02. The van der Waals surface area contributed by atoms with Crippen LogP contribution in [-0.4, -0.2) is 47.8 Å². The van der Waals surface area contributed by atoms with E-state index in [0.29, 0.717) is 19.7 Å². The van der Waals surface area contributed by atoms with E-state index in [2.05, 4.69) is 10.2 Å². The van der Waals surface area contributed by atoms with Gasteiger partial charge in [0.15, 0.2) is 0 Å². The zero-order chi connectivity index (χ0) is 16.7. The molecular weight excluding hydrogens is 292 g/mol. The SMILES string of the molecule is CC(C)OCc1ccc(CNC(=O)CN2CCC(O)CC2)cc1. The van der Waals surface area contributed by atoms with Gasteiger partial charge in [0.05, 0.1) is 25.4 Å². The number of ether oxygens (including phenoxy) is 1. The summed E-state index contributed by atoms with van der Waals surface area (Å²) in [5.74, 6) is 0.0357. The van der Waals surface area contributed by atoms with Crippen molar-refractivity contribution in [2.75, 3.05) is 19.6 Å². The van der Waals surface area contributed by atoms with Crippen molar-refractivity contribution in [2.45, 2.75) is 52.0 Å². The summed E-state index contributed by atoms with van der Waals surface area (Å²) in [6, 6.07) is 8.12. The van der Waals surface area contributed by atoms with Crippen molar-refractivity contribution in [3.05, 3.63) is 35.4 Å². The molecule has 128 valence electrons. The van der Waals surface area contributed by atoms with Gasteiger partial charge in [-0.1, -0.05) is 24.3 Å². The summed E-state index contributed by atoms with van der Waals surface area (Å²) in [6.45, 7) is 7.19. The molecule has 1 aliphatic heterocycles.